The van der Waals surface area contributed by atoms with Crippen LogP contribution in [0.1, 0.15) is 11.6 Å². The summed E-state index contributed by atoms with van der Waals surface area (Å²) in [5.41, 5.74) is -0.230. The van der Waals surface area contributed by atoms with Crippen molar-refractivity contribution >= 4 is 0 Å². The second-order valence-corrected chi connectivity index (χ2v) is 3.63. The highest BCUT2D eigenvalue weighted by Crippen LogP contribution is 2.30. The molecule has 88 valence electrons. The first kappa shape index (κ1) is 11.2. The molecule has 16 heavy (non-hydrogen) atoms. The SMILES string of the molecule is Oc1cc(F)c(F)c(F)c1[C@H]1CNCCN1. The molecule has 3 N–H and O–H groups in total. The van der Waals surface area contributed by atoms with Gasteiger partial charge in [-0.05, 0) is 0 Å². The fourth-order valence-corrected chi connectivity index (χ4v) is 1.79. The van der Waals surface area contributed by atoms with Crippen molar-refractivity contribution < 1.29 is 18.3 Å². The van der Waals surface area contributed by atoms with Crippen LogP contribution in [0.5, 0.6) is 5.75 Å². The zero-order chi connectivity index (χ0) is 11.7. The van der Waals surface area contributed by atoms with Gasteiger partial charge in [-0.3, -0.25) is 0 Å². The maximum Gasteiger partial charge on any atom is 0.195 e. The van der Waals surface area contributed by atoms with Gasteiger partial charge in [-0.25, -0.2) is 13.2 Å². The van der Waals surface area contributed by atoms with E-state index in [9.17, 15) is 18.3 Å². The molecule has 0 spiro atoms. The van der Waals surface area contributed by atoms with Gasteiger partial charge in [-0.1, -0.05) is 0 Å². The third-order valence-corrected chi connectivity index (χ3v) is 2.57. The van der Waals surface area contributed by atoms with Crippen molar-refractivity contribution in [2.45, 2.75) is 6.04 Å². The summed E-state index contributed by atoms with van der Waals surface area (Å²) < 4.78 is 39.3. The van der Waals surface area contributed by atoms with E-state index in [0.29, 0.717) is 25.7 Å². The Morgan fingerprint density at radius 2 is 1.94 bits per heavy atom. The molecule has 1 heterocycles. The third-order valence-electron chi connectivity index (χ3n) is 2.57. The molecule has 2 rings (SSSR count). The fourth-order valence-electron chi connectivity index (χ4n) is 1.79. The summed E-state index contributed by atoms with van der Waals surface area (Å²) in [5, 5.41) is 15.3. The summed E-state index contributed by atoms with van der Waals surface area (Å²) in [6.45, 7) is 1.64. The number of piperazine rings is 1. The Kier molecular flexibility index (Phi) is 3.02. The highest BCUT2D eigenvalue weighted by atomic mass is 19.2. The van der Waals surface area contributed by atoms with Gasteiger partial charge in [0.05, 0.1) is 11.6 Å². The first-order valence-electron chi connectivity index (χ1n) is 4.91. The van der Waals surface area contributed by atoms with E-state index in [-0.39, 0.29) is 5.56 Å². The Morgan fingerprint density at radius 3 is 2.56 bits per heavy atom. The largest absolute Gasteiger partial charge is 0.507 e. The number of halogens is 3. The molecule has 1 aromatic rings. The molecule has 0 bridgehead atoms. The number of nitrogens with one attached hydrogen (secondary N) is 2. The smallest absolute Gasteiger partial charge is 0.195 e. The monoisotopic (exact) mass is 232 g/mol. The molecular weight excluding hydrogens is 221 g/mol. The zero-order valence-corrected chi connectivity index (χ0v) is 8.36. The second kappa shape index (κ2) is 4.31. The molecule has 1 aliphatic heterocycles. The minimum absolute atomic E-state index is 0.230. The predicted octanol–water partition coefficient (Wildman–Crippen LogP) is 1.04. The molecule has 0 saturated carbocycles. The number of benzene rings is 1. The second-order valence-electron chi connectivity index (χ2n) is 3.63. The molecule has 1 fully saturated rings. The van der Waals surface area contributed by atoms with Crippen LogP contribution in [-0.4, -0.2) is 24.7 Å². The fraction of sp³-hybridized carbons (Fsp3) is 0.400. The predicted molar refractivity (Wildman–Crippen MR) is 51.6 cm³/mol. The lowest BCUT2D eigenvalue weighted by atomic mass is 10.0. The lowest BCUT2D eigenvalue weighted by Gasteiger charge is -2.25. The summed E-state index contributed by atoms with van der Waals surface area (Å²) >= 11 is 0. The average Bonchev–Trinajstić information content (AvgIpc) is 2.28. The van der Waals surface area contributed by atoms with Gasteiger partial charge in [0.2, 0.25) is 0 Å². The molecule has 1 aromatic carbocycles. The van der Waals surface area contributed by atoms with Crippen molar-refractivity contribution in [3.63, 3.8) is 0 Å². The highest BCUT2D eigenvalue weighted by molar-refractivity contribution is 5.38. The Labute approximate surface area is 90.3 Å². The van der Waals surface area contributed by atoms with Crippen LogP contribution in [0.2, 0.25) is 0 Å². The zero-order valence-electron chi connectivity index (χ0n) is 8.36. The van der Waals surface area contributed by atoms with Gasteiger partial charge in [0.1, 0.15) is 5.75 Å². The number of rotatable bonds is 1. The van der Waals surface area contributed by atoms with Crippen LogP contribution in [0, 0.1) is 17.5 Å². The van der Waals surface area contributed by atoms with Gasteiger partial charge in [0.25, 0.3) is 0 Å². The molecule has 0 radical (unpaired) electrons. The van der Waals surface area contributed by atoms with Crippen molar-refractivity contribution in [1.29, 1.82) is 0 Å². The molecule has 1 saturated heterocycles. The van der Waals surface area contributed by atoms with Crippen LogP contribution in [0.25, 0.3) is 0 Å². The number of phenols is 1. The number of hydrogen-bond acceptors (Lipinski definition) is 3. The first-order chi connectivity index (χ1) is 7.61. The van der Waals surface area contributed by atoms with Crippen LogP contribution >= 0.6 is 0 Å². The van der Waals surface area contributed by atoms with Gasteiger partial charge >= 0.3 is 0 Å². The van der Waals surface area contributed by atoms with Crippen molar-refractivity contribution in [1.82, 2.24) is 10.6 Å². The van der Waals surface area contributed by atoms with E-state index in [4.69, 9.17) is 0 Å². The number of phenolic OH excluding ortho intramolecular Hbond substituents is 1. The van der Waals surface area contributed by atoms with E-state index in [1.165, 1.54) is 0 Å². The summed E-state index contributed by atoms with van der Waals surface area (Å²) in [4.78, 5) is 0. The Morgan fingerprint density at radius 1 is 1.19 bits per heavy atom. The van der Waals surface area contributed by atoms with Crippen LogP contribution < -0.4 is 10.6 Å². The Balaban J connectivity index is 2.42. The summed E-state index contributed by atoms with van der Waals surface area (Å²) in [7, 11) is 0. The first-order valence-corrected chi connectivity index (χ1v) is 4.91. The summed E-state index contributed by atoms with van der Waals surface area (Å²) in [5.74, 6) is -4.85. The molecule has 6 heteroatoms. The van der Waals surface area contributed by atoms with E-state index >= 15 is 0 Å². The van der Waals surface area contributed by atoms with Gasteiger partial charge in [-0.15, -0.1) is 0 Å². The third kappa shape index (κ3) is 1.85. The van der Waals surface area contributed by atoms with Crippen LogP contribution in [0.4, 0.5) is 13.2 Å². The molecule has 1 aliphatic rings. The van der Waals surface area contributed by atoms with E-state index in [2.05, 4.69) is 10.6 Å². The molecule has 3 nitrogen and oxygen atoms in total. The van der Waals surface area contributed by atoms with Crippen molar-refractivity contribution in [2.24, 2.45) is 0 Å². The lowest BCUT2D eigenvalue weighted by molar-refractivity contribution is 0.366. The number of hydrogen-bond donors (Lipinski definition) is 3. The van der Waals surface area contributed by atoms with Crippen LogP contribution in [0.3, 0.4) is 0 Å². The van der Waals surface area contributed by atoms with E-state index < -0.39 is 29.2 Å². The highest BCUT2D eigenvalue weighted by Gasteiger charge is 2.26. The van der Waals surface area contributed by atoms with Crippen molar-refractivity contribution in [2.75, 3.05) is 19.6 Å². The van der Waals surface area contributed by atoms with Crippen LogP contribution in [0.15, 0.2) is 6.07 Å². The molecule has 0 amide bonds. The van der Waals surface area contributed by atoms with E-state index in [1.54, 1.807) is 0 Å². The Hall–Kier alpha value is -1.27. The van der Waals surface area contributed by atoms with Gasteiger partial charge < -0.3 is 15.7 Å². The van der Waals surface area contributed by atoms with Gasteiger partial charge in [-0.2, -0.15) is 0 Å². The minimum Gasteiger partial charge on any atom is -0.507 e. The van der Waals surface area contributed by atoms with Crippen molar-refractivity contribution in [3.8, 4) is 5.75 Å². The van der Waals surface area contributed by atoms with Gasteiger partial charge in [0.15, 0.2) is 17.5 Å². The molecule has 0 aliphatic carbocycles. The molecule has 0 unspecified atom stereocenters. The summed E-state index contributed by atoms with van der Waals surface area (Å²) in [6, 6.07) is 0.0353. The van der Waals surface area contributed by atoms with Crippen molar-refractivity contribution in [3.05, 3.63) is 29.1 Å². The maximum absolute atomic E-state index is 13.5. The molecule has 0 aromatic heterocycles. The maximum atomic E-state index is 13.5. The summed E-state index contributed by atoms with van der Waals surface area (Å²) in [6.07, 6.45) is 0. The molecule has 1 atom stereocenters. The van der Waals surface area contributed by atoms with E-state index in [0.717, 1.165) is 0 Å². The number of aromatic hydroxyl groups is 1. The van der Waals surface area contributed by atoms with Gasteiger partial charge in [0, 0.05) is 25.7 Å². The quantitative estimate of drug-likeness (QED) is 0.634. The standard InChI is InChI=1S/C10H11F3N2O/c11-5-3-7(16)8(10(13)9(5)12)6-4-14-1-2-15-6/h3,6,14-16H,1-2,4H2/t6-/m1/s1. The minimum atomic E-state index is -1.56. The topological polar surface area (TPSA) is 44.3 Å². The lowest BCUT2D eigenvalue weighted by Crippen LogP contribution is -2.43. The average molecular weight is 232 g/mol. The Bertz CT molecular complexity index is 406. The van der Waals surface area contributed by atoms with Crippen LogP contribution in [-0.2, 0) is 0 Å². The normalized spacial score (nSPS) is 21.1. The molecular formula is C10H11F3N2O. The van der Waals surface area contributed by atoms with E-state index in [1.807, 2.05) is 0 Å².